The maximum Gasteiger partial charge on any atom is 0.274 e. The van der Waals surface area contributed by atoms with Gasteiger partial charge in [0.15, 0.2) is 0 Å². The van der Waals surface area contributed by atoms with Crippen LogP contribution >= 0.6 is 38.5 Å². The first-order valence-electron chi connectivity index (χ1n) is 4.43. The summed E-state index contributed by atoms with van der Waals surface area (Å²) in [5.74, 6) is -0.200. The molecule has 0 aliphatic rings. The highest BCUT2D eigenvalue weighted by Gasteiger charge is 2.12. The van der Waals surface area contributed by atoms with E-state index in [-0.39, 0.29) is 5.91 Å². The number of carbonyl (C=O) groups is 1. The second kappa shape index (κ2) is 4.96. The Morgan fingerprint density at radius 2 is 2.19 bits per heavy atom. The number of rotatable bonds is 2. The predicted octanol–water partition coefficient (Wildman–Crippen LogP) is 3.03. The van der Waals surface area contributed by atoms with Crippen LogP contribution in [0.2, 0.25) is 0 Å². The van der Waals surface area contributed by atoms with E-state index in [0.717, 1.165) is 13.7 Å². The summed E-state index contributed by atoms with van der Waals surface area (Å²) in [4.78, 5) is 11.8. The number of nitrogens with zero attached hydrogens (tertiary/aromatic N) is 1. The van der Waals surface area contributed by atoms with Crippen molar-refractivity contribution in [3.63, 3.8) is 0 Å². The van der Waals surface area contributed by atoms with Gasteiger partial charge in [-0.2, -0.15) is 5.10 Å². The number of anilines is 1. The van der Waals surface area contributed by atoms with Crippen LogP contribution in [0.15, 0.2) is 34.9 Å². The van der Waals surface area contributed by atoms with Crippen LogP contribution in [-0.2, 0) is 0 Å². The van der Waals surface area contributed by atoms with Crippen molar-refractivity contribution in [2.75, 3.05) is 5.32 Å². The van der Waals surface area contributed by atoms with Gasteiger partial charge >= 0.3 is 0 Å². The van der Waals surface area contributed by atoms with Gasteiger partial charge in [-0.15, -0.1) is 0 Å². The normalized spacial score (nSPS) is 10.1. The number of hydrogen-bond acceptors (Lipinski definition) is 2. The van der Waals surface area contributed by atoms with E-state index in [0.29, 0.717) is 5.69 Å². The number of halogens is 2. The van der Waals surface area contributed by atoms with Gasteiger partial charge in [0.25, 0.3) is 5.91 Å². The summed E-state index contributed by atoms with van der Waals surface area (Å²) < 4.78 is 1.64. The summed E-state index contributed by atoms with van der Waals surface area (Å²) in [7, 11) is 0. The van der Waals surface area contributed by atoms with Crippen LogP contribution in [-0.4, -0.2) is 16.1 Å². The number of para-hydroxylation sites is 1. The molecule has 2 aromatic rings. The highest BCUT2D eigenvalue weighted by molar-refractivity contribution is 14.1. The van der Waals surface area contributed by atoms with Crippen molar-refractivity contribution < 1.29 is 4.79 Å². The van der Waals surface area contributed by atoms with E-state index < -0.39 is 0 Å². The molecule has 1 amide bonds. The molecular weight excluding hydrogens is 385 g/mol. The SMILES string of the molecule is O=C(Nc1ccccc1Br)c1[nH]ncc1I. The summed E-state index contributed by atoms with van der Waals surface area (Å²) in [6, 6.07) is 7.44. The number of benzene rings is 1. The lowest BCUT2D eigenvalue weighted by Gasteiger charge is -2.05. The second-order valence-corrected chi connectivity index (χ2v) is 5.04. The number of carbonyl (C=O) groups excluding carboxylic acids is 1. The van der Waals surface area contributed by atoms with E-state index >= 15 is 0 Å². The van der Waals surface area contributed by atoms with E-state index in [4.69, 9.17) is 0 Å². The molecule has 1 aromatic heterocycles. The summed E-state index contributed by atoms with van der Waals surface area (Å²) in [6.45, 7) is 0. The fourth-order valence-electron chi connectivity index (χ4n) is 1.18. The third kappa shape index (κ3) is 2.43. The molecule has 0 saturated heterocycles. The largest absolute Gasteiger partial charge is 0.320 e. The molecule has 1 aromatic carbocycles. The van der Waals surface area contributed by atoms with Gasteiger partial charge in [0.2, 0.25) is 0 Å². The van der Waals surface area contributed by atoms with Crippen LogP contribution in [0.1, 0.15) is 10.5 Å². The monoisotopic (exact) mass is 391 g/mol. The van der Waals surface area contributed by atoms with E-state index in [2.05, 4.69) is 54.0 Å². The van der Waals surface area contributed by atoms with Gasteiger partial charge in [0.1, 0.15) is 5.69 Å². The molecule has 0 aliphatic heterocycles. The van der Waals surface area contributed by atoms with Crippen LogP contribution in [0, 0.1) is 3.57 Å². The van der Waals surface area contributed by atoms with Crippen LogP contribution in [0.3, 0.4) is 0 Å². The molecule has 0 aliphatic carbocycles. The fourth-order valence-corrected chi connectivity index (χ4v) is 2.07. The maximum atomic E-state index is 11.8. The summed E-state index contributed by atoms with van der Waals surface area (Å²) in [6.07, 6.45) is 1.61. The minimum atomic E-state index is -0.200. The van der Waals surface area contributed by atoms with Crippen LogP contribution in [0.25, 0.3) is 0 Å². The molecule has 0 fully saturated rings. The Morgan fingerprint density at radius 1 is 1.44 bits per heavy atom. The molecule has 0 saturated carbocycles. The highest BCUT2D eigenvalue weighted by atomic mass is 127. The first-order chi connectivity index (χ1) is 7.68. The Hall–Kier alpha value is -0.890. The highest BCUT2D eigenvalue weighted by Crippen LogP contribution is 2.22. The first kappa shape index (κ1) is 11.6. The third-order valence-electron chi connectivity index (χ3n) is 1.94. The average Bonchev–Trinajstić information content (AvgIpc) is 2.68. The Balaban J connectivity index is 2.21. The van der Waals surface area contributed by atoms with Crippen LogP contribution in [0.5, 0.6) is 0 Å². The van der Waals surface area contributed by atoms with Gasteiger partial charge in [-0.25, -0.2) is 0 Å². The molecule has 0 atom stereocenters. The Kier molecular flexibility index (Phi) is 3.59. The summed E-state index contributed by atoms with van der Waals surface area (Å²) in [5, 5.41) is 9.25. The fraction of sp³-hybridized carbons (Fsp3) is 0. The van der Waals surface area contributed by atoms with Gasteiger partial charge in [0.05, 0.1) is 15.5 Å². The van der Waals surface area contributed by atoms with Crippen molar-refractivity contribution in [2.24, 2.45) is 0 Å². The topological polar surface area (TPSA) is 57.8 Å². The van der Waals surface area contributed by atoms with Crippen molar-refractivity contribution >= 4 is 50.1 Å². The molecule has 0 spiro atoms. The van der Waals surface area contributed by atoms with E-state index in [9.17, 15) is 4.79 Å². The van der Waals surface area contributed by atoms with Crippen molar-refractivity contribution in [2.45, 2.75) is 0 Å². The Morgan fingerprint density at radius 3 is 2.81 bits per heavy atom. The number of nitrogens with one attached hydrogen (secondary N) is 2. The number of hydrogen-bond donors (Lipinski definition) is 2. The molecular formula is C10H7BrIN3O. The smallest absolute Gasteiger partial charge is 0.274 e. The standard InChI is InChI=1S/C10H7BrIN3O/c11-6-3-1-2-4-8(6)14-10(16)9-7(12)5-13-15-9/h1-5H,(H,13,15)(H,14,16). The molecule has 1 heterocycles. The number of H-pyrrole nitrogens is 1. The lowest BCUT2D eigenvalue weighted by Crippen LogP contribution is -2.13. The molecule has 2 N–H and O–H groups in total. The van der Waals surface area contributed by atoms with Crippen molar-refractivity contribution in [1.29, 1.82) is 0 Å². The molecule has 0 unspecified atom stereocenters. The quantitative estimate of drug-likeness (QED) is 0.773. The number of amides is 1. The van der Waals surface area contributed by atoms with Gasteiger partial charge in [0, 0.05) is 4.47 Å². The van der Waals surface area contributed by atoms with Crippen LogP contribution in [0.4, 0.5) is 5.69 Å². The molecule has 0 bridgehead atoms. The molecule has 6 heteroatoms. The molecule has 16 heavy (non-hydrogen) atoms. The number of aromatic amines is 1. The molecule has 2 rings (SSSR count). The zero-order valence-corrected chi connectivity index (χ0v) is 11.7. The lowest BCUT2D eigenvalue weighted by atomic mass is 10.3. The first-order valence-corrected chi connectivity index (χ1v) is 6.30. The van der Waals surface area contributed by atoms with Gasteiger partial charge in [-0.3, -0.25) is 9.89 Å². The maximum absolute atomic E-state index is 11.8. The molecule has 4 nitrogen and oxygen atoms in total. The van der Waals surface area contributed by atoms with E-state index in [1.54, 1.807) is 6.20 Å². The van der Waals surface area contributed by atoms with Crippen molar-refractivity contribution in [3.8, 4) is 0 Å². The molecule has 0 radical (unpaired) electrons. The van der Waals surface area contributed by atoms with Crippen molar-refractivity contribution in [1.82, 2.24) is 10.2 Å². The predicted molar refractivity (Wildman–Crippen MR) is 73.4 cm³/mol. The molecule has 82 valence electrons. The Bertz CT molecular complexity index is 526. The Labute approximate surface area is 114 Å². The zero-order chi connectivity index (χ0) is 11.5. The van der Waals surface area contributed by atoms with Crippen molar-refractivity contribution in [3.05, 3.63) is 44.2 Å². The zero-order valence-electron chi connectivity index (χ0n) is 8.00. The minimum Gasteiger partial charge on any atom is -0.320 e. The lowest BCUT2D eigenvalue weighted by molar-refractivity contribution is 0.102. The minimum absolute atomic E-state index is 0.200. The second-order valence-electron chi connectivity index (χ2n) is 3.03. The summed E-state index contributed by atoms with van der Waals surface area (Å²) >= 11 is 5.42. The average molecular weight is 392 g/mol. The van der Waals surface area contributed by atoms with E-state index in [1.807, 2.05) is 24.3 Å². The summed E-state index contributed by atoms with van der Waals surface area (Å²) in [5.41, 5.74) is 1.20. The van der Waals surface area contributed by atoms with E-state index in [1.165, 1.54) is 0 Å². The van der Waals surface area contributed by atoms with Gasteiger partial charge in [-0.05, 0) is 50.7 Å². The number of aromatic nitrogens is 2. The van der Waals surface area contributed by atoms with Gasteiger partial charge < -0.3 is 5.32 Å². The van der Waals surface area contributed by atoms with Gasteiger partial charge in [-0.1, -0.05) is 12.1 Å². The third-order valence-corrected chi connectivity index (χ3v) is 3.45. The van der Waals surface area contributed by atoms with Crippen LogP contribution < -0.4 is 5.32 Å².